The molecule has 0 aromatic carbocycles. The van der Waals surface area contributed by atoms with E-state index in [4.69, 9.17) is 16.2 Å². The van der Waals surface area contributed by atoms with Crippen LogP contribution < -0.4 is 11.5 Å². The third-order valence-corrected chi connectivity index (χ3v) is 3.29. The van der Waals surface area contributed by atoms with Gasteiger partial charge < -0.3 is 16.2 Å². The van der Waals surface area contributed by atoms with Crippen LogP contribution in [0.15, 0.2) is 0 Å². The molecule has 1 unspecified atom stereocenters. The fraction of sp³-hybridized carbons (Fsp3) is 0.875. The number of rotatable bonds is 5. The maximum atomic E-state index is 11.0. The molecule has 0 aliphatic heterocycles. The van der Waals surface area contributed by atoms with E-state index in [0.717, 1.165) is 6.26 Å². The first-order valence-corrected chi connectivity index (χ1v) is 6.43. The lowest BCUT2D eigenvalue weighted by molar-refractivity contribution is 0.0376. The van der Waals surface area contributed by atoms with Crippen LogP contribution in [0.3, 0.4) is 0 Å². The Hall–Kier alpha value is -0.820. The molecule has 4 N–H and O–H groups in total. The van der Waals surface area contributed by atoms with E-state index < -0.39 is 26.9 Å². The van der Waals surface area contributed by atoms with E-state index in [0.29, 0.717) is 6.42 Å². The summed E-state index contributed by atoms with van der Waals surface area (Å²) in [4.78, 5) is 10.5. The lowest BCUT2D eigenvalue weighted by Gasteiger charge is -2.24. The number of amides is 1. The van der Waals surface area contributed by atoms with Crippen molar-refractivity contribution in [1.29, 1.82) is 0 Å². The molecule has 0 bridgehead atoms. The van der Waals surface area contributed by atoms with E-state index in [2.05, 4.69) is 0 Å². The molecule has 0 saturated heterocycles. The molecule has 0 aliphatic rings. The number of primary amides is 1. The molecular weight excluding hydrogens is 220 g/mol. The van der Waals surface area contributed by atoms with Crippen LogP contribution in [-0.4, -0.2) is 31.7 Å². The summed E-state index contributed by atoms with van der Waals surface area (Å²) in [6.07, 6.45) is 0.746. The first kappa shape index (κ1) is 14.2. The van der Waals surface area contributed by atoms with Gasteiger partial charge in [0.25, 0.3) is 0 Å². The Morgan fingerprint density at radius 1 is 1.47 bits per heavy atom. The molecule has 0 aromatic heterocycles. The SMILES string of the molecule is CC(C)(CCC(N)S(C)(=O)=O)OC(N)=O. The quantitative estimate of drug-likeness (QED) is 0.698. The molecule has 15 heavy (non-hydrogen) atoms. The highest BCUT2D eigenvalue weighted by Gasteiger charge is 2.25. The second-order valence-electron chi connectivity index (χ2n) is 4.09. The van der Waals surface area contributed by atoms with Gasteiger partial charge >= 0.3 is 6.09 Å². The Kier molecular flexibility index (Phi) is 4.54. The van der Waals surface area contributed by atoms with Crippen molar-refractivity contribution in [2.24, 2.45) is 11.5 Å². The molecule has 1 amide bonds. The van der Waals surface area contributed by atoms with Crippen molar-refractivity contribution in [3.05, 3.63) is 0 Å². The van der Waals surface area contributed by atoms with Gasteiger partial charge in [-0.15, -0.1) is 0 Å². The summed E-state index contributed by atoms with van der Waals surface area (Å²) in [7, 11) is -3.25. The predicted molar refractivity (Wildman–Crippen MR) is 56.8 cm³/mol. The summed E-state index contributed by atoms with van der Waals surface area (Å²) in [6.45, 7) is 3.29. The number of hydrogen-bond donors (Lipinski definition) is 2. The minimum atomic E-state index is -3.25. The molecule has 0 heterocycles. The lowest BCUT2D eigenvalue weighted by Crippen LogP contribution is -2.36. The van der Waals surface area contributed by atoms with Gasteiger partial charge in [0, 0.05) is 6.26 Å². The Morgan fingerprint density at radius 3 is 2.27 bits per heavy atom. The Labute approximate surface area is 89.9 Å². The van der Waals surface area contributed by atoms with Crippen molar-refractivity contribution < 1.29 is 17.9 Å². The minimum absolute atomic E-state index is 0.221. The molecular formula is C8H18N2O4S. The highest BCUT2D eigenvalue weighted by atomic mass is 32.2. The standard InChI is InChI=1S/C8H18N2O4S/c1-8(2,14-7(10)11)5-4-6(9)15(3,12)13/h6H,4-5,9H2,1-3H3,(H2,10,11). The molecule has 6 nitrogen and oxygen atoms in total. The second-order valence-corrected chi connectivity index (χ2v) is 6.35. The number of nitrogens with two attached hydrogens (primary N) is 2. The van der Waals surface area contributed by atoms with Gasteiger partial charge in [0.2, 0.25) is 0 Å². The third kappa shape index (κ3) is 6.29. The second kappa shape index (κ2) is 4.80. The van der Waals surface area contributed by atoms with Crippen LogP contribution in [0.1, 0.15) is 26.7 Å². The summed E-state index contributed by atoms with van der Waals surface area (Å²) >= 11 is 0. The zero-order chi connectivity index (χ0) is 12.3. The fourth-order valence-corrected chi connectivity index (χ4v) is 1.57. The van der Waals surface area contributed by atoms with Crippen molar-refractivity contribution in [3.63, 3.8) is 0 Å². The average Bonchev–Trinajstić information content (AvgIpc) is 1.95. The van der Waals surface area contributed by atoms with E-state index in [1.165, 1.54) is 0 Å². The molecule has 0 aliphatic carbocycles. The van der Waals surface area contributed by atoms with Gasteiger partial charge in [-0.05, 0) is 26.7 Å². The zero-order valence-electron chi connectivity index (χ0n) is 9.19. The van der Waals surface area contributed by atoms with Gasteiger partial charge in [-0.2, -0.15) is 0 Å². The van der Waals surface area contributed by atoms with Gasteiger partial charge in [-0.1, -0.05) is 0 Å². The first-order chi connectivity index (χ1) is 6.54. The highest BCUT2D eigenvalue weighted by molar-refractivity contribution is 7.91. The smallest absolute Gasteiger partial charge is 0.405 e. The van der Waals surface area contributed by atoms with Crippen LogP contribution in [0.5, 0.6) is 0 Å². The van der Waals surface area contributed by atoms with Crippen LogP contribution in [-0.2, 0) is 14.6 Å². The van der Waals surface area contributed by atoms with Crippen LogP contribution in [0, 0.1) is 0 Å². The van der Waals surface area contributed by atoms with Crippen molar-refractivity contribution in [1.82, 2.24) is 0 Å². The summed E-state index contributed by atoms with van der Waals surface area (Å²) < 4.78 is 26.8. The van der Waals surface area contributed by atoms with Crippen LogP contribution in [0.25, 0.3) is 0 Å². The van der Waals surface area contributed by atoms with Gasteiger partial charge in [-0.3, -0.25) is 0 Å². The zero-order valence-corrected chi connectivity index (χ0v) is 10.0. The summed E-state index contributed by atoms with van der Waals surface area (Å²) in [6, 6.07) is 0. The minimum Gasteiger partial charge on any atom is -0.444 e. The first-order valence-electron chi connectivity index (χ1n) is 4.47. The average molecular weight is 238 g/mol. The predicted octanol–water partition coefficient (Wildman–Crippen LogP) is -0.0301. The topological polar surface area (TPSA) is 112 Å². The molecule has 0 radical (unpaired) electrons. The van der Waals surface area contributed by atoms with E-state index in [-0.39, 0.29) is 6.42 Å². The van der Waals surface area contributed by atoms with Crippen LogP contribution in [0.2, 0.25) is 0 Å². The maximum Gasteiger partial charge on any atom is 0.405 e. The fourth-order valence-electron chi connectivity index (χ4n) is 1.03. The van der Waals surface area contributed by atoms with Crippen molar-refractivity contribution in [2.45, 2.75) is 37.7 Å². The molecule has 0 spiro atoms. The number of hydrogen-bond acceptors (Lipinski definition) is 5. The Morgan fingerprint density at radius 2 is 1.93 bits per heavy atom. The summed E-state index contributed by atoms with van der Waals surface area (Å²) in [5, 5.41) is -0.937. The Balaban J connectivity index is 4.21. The molecule has 90 valence electrons. The maximum absolute atomic E-state index is 11.0. The van der Waals surface area contributed by atoms with Crippen LogP contribution >= 0.6 is 0 Å². The van der Waals surface area contributed by atoms with Gasteiger partial charge in [0.05, 0.1) is 0 Å². The lowest BCUT2D eigenvalue weighted by atomic mass is 10.0. The largest absolute Gasteiger partial charge is 0.444 e. The summed E-state index contributed by atoms with van der Waals surface area (Å²) in [5.41, 5.74) is 9.49. The van der Waals surface area contributed by atoms with E-state index >= 15 is 0 Å². The van der Waals surface area contributed by atoms with Gasteiger partial charge in [0.1, 0.15) is 11.0 Å². The van der Waals surface area contributed by atoms with Crippen molar-refractivity contribution in [2.75, 3.05) is 6.26 Å². The molecule has 0 fully saturated rings. The van der Waals surface area contributed by atoms with Crippen molar-refractivity contribution >= 4 is 15.9 Å². The van der Waals surface area contributed by atoms with E-state index in [9.17, 15) is 13.2 Å². The van der Waals surface area contributed by atoms with Gasteiger partial charge in [-0.25, -0.2) is 13.2 Å². The van der Waals surface area contributed by atoms with Gasteiger partial charge in [0.15, 0.2) is 9.84 Å². The number of carbonyl (C=O) groups excluding carboxylic acids is 1. The molecule has 0 saturated carbocycles. The van der Waals surface area contributed by atoms with E-state index in [1.807, 2.05) is 0 Å². The number of ether oxygens (including phenoxy) is 1. The van der Waals surface area contributed by atoms with E-state index in [1.54, 1.807) is 13.8 Å². The molecule has 7 heteroatoms. The van der Waals surface area contributed by atoms with Crippen molar-refractivity contribution in [3.8, 4) is 0 Å². The number of sulfone groups is 1. The third-order valence-electron chi connectivity index (χ3n) is 1.96. The molecule has 0 rings (SSSR count). The normalized spacial score (nSPS) is 14.7. The summed E-state index contributed by atoms with van der Waals surface area (Å²) in [5.74, 6) is 0. The van der Waals surface area contributed by atoms with Crippen LogP contribution in [0.4, 0.5) is 4.79 Å². The molecule has 1 atom stereocenters. The number of carbonyl (C=O) groups is 1. The highest BCUT2D eigenvalue weighted by Crippen LogP contribution is 2.18. The monoisotopic (exact) mass is 238 g/mol. The Bertz CT molecular complexity index is 324. The molecule has 0 aromatic rings.